The lowest BCUT2D eigenvalue weighted by Gasteiger charge is -2.32. The third kappa shape index (κ3) is 8.23. The highest BCUT2D eigenvalue weighted by Gasteiger charge is 2.32. The van der Waals surface area contributed by atoms with Crippen LogP contribution >= 0.6 is 23.2 Å². The smallest absolute Gasteiger partial charge is 0.328 e. The lowest BCUT2D eigenvalue weighted by atomic mass is 9.93. The van der Waals surface area contributed by atoms with E-state index in [1.807, 2.05) is 13.8 Å². The lowest BCUT2D eigenvalue weighted by molar-refractivity contribution is -0.156. The van der Waals surface area contributed by atoms with E-state index in [1.165, 1.54) is 33.2 Å². The molecule has 1 N–H and O–H groups in total. The molecule has 0 aliphatic carbocycles. The fraction of sp³-hybridized carbons (Fsp3) is 0.462. The van der Waals surface area contributed by atoms with Crippen LogP contribution in [0.1, 0.15) is 57.9 Å². The summed E-state index contributed by atoms with van der Waals surface area (Å²) in [5.74, 6) is -1.60. The first-order valence-electron chi connectivity index (χ1n) is 11.9. The molecule has 0 fully saturated rings. The first kappa shape index (κ1) is 30.2. The number of rotatable bonds is 12. The largest absolute Gasteiger partial charge is 0.493 e. The number of esters is 2. The van der Waals surface area contributed by atoms with Crippen LogP contribution < -0.4 is 19.5 Å². The maximum absolute atomic E-state index is 12.9. The number of carbonyl (C=O) groups excluding carboxylic acids is 3. The van der Waals surface area contributed by atoms with Crippen molar-refractivity contribution in [2.75, 3.05) is 7.11 Å². The molecule has 1 aromatic heterocycles. The average Bonchev–Trinajstić information content (AvgIpc) is 2.84. The van der Waals surface area contributed by atoms with Gasteiger partial charge in [0.15, 0.2) is 11.4 Å². The van der Waals surface area contributed by atoms with Gasteiger partial charge in [-0.2, -0.15) is 0 Å². The second-order valence-electron chi connectivity index (χ2n) is 8.36. The van der Waals surface area contributed by atoms with Gasteiger partial charge in [0.05, 0.1) is 12.1 Å². The number of amides is 1. The second-order valence-corrected chi connectivity index (χ2v) is 9.20. The Labute approximate surface area is 226 Å². The van der Waals surface area contributed by atoms with Gasteiger partial charge < -0.3 is 24.3 Å². The first-order chi connectivity index (χ1) is 17.5. The highest BCUT2D eigenvalue weighted by Crippen LogP contribution is 2.32. The molecular formula is C26H32Cl2N2O7. The SMILES string of the molecule is CCC(CC)[C@H](Oc1ccc(Cl)cc1Cl)[C@H](C)OC(=O)[C@H](C)NC(=O)c1nccc(OC)c1OC(C)=O. The summed E-state index contributed by atoms with van der Waals surface area (Å²) in [5, 5.41) is 3.35. The summed E-state index contributed by atoms with van der Waals surface area (Å²) in [6, 6.07) is 5.30. The zero-order valence-electron chi connectivity index (χ0n) is 21.7. The molecule has 0 saturated heterocycles. The van der Waals surface area contributed by atoms with Gasteiger partial charge in [-0.1, -0.05) is 37.0 Å². The molecule has 0 aliphatic rings. The number of hydrogen-bond acceptors (Lipinski definition) is 8. The van der Waals surface area contributed by atoms with Gasteiger partial charge >= 0.3 is 11.9 Å². The van der Waals surface area contributed by atoms with Crippen LogP contribution in [0.3, 0.4) is 0 Å². The Morgan fingerprint density at radius 2 is 1.73 bits per heavy atom. The van der Waals surface area contributed by atoms with Gasteiger partial charge in [0.2, 0.25) is 5.75 Å². The molecule has 0 unspecified atom stereocenters. The van der Waals surface area contributed by atoms with Crippen LogP contribution in [0.5, 0.6) is 17.2 Å². The van der Waals surface area contributed by atoms with E-state index >= 15 is 0 Å². The van der Waals surface area contributed by atoms with Gasteiger partial charge in [-0.05, 0) is 50.8 Å². The van der Waals surface area contributed by atoms with Crippen molar-refractivity contribution < 1.29 is 33.3 Å². The summed E-state index contributed by atoms with van der Waals surface area (Å²) in [5.41, 5.74) is -0.210. The Morgan fingerprint density at radius 3 is 2.30 bits per heavy atom. The van der Waals surface area contributed by atoms with Crippen molar-refractivity contribution in [3.8, 4) is 17.2 Å². The number of hydrogen-bond donors (Lipinski definition) is 1. The Morgan fingerprint density at radius 1 is 1.05 bits per heavy atom. The Bertz CT molecular complexity index is 1110. The standard InChI is InChI=1S/C26H32Cl2N2O7/c1-7-17(8-2)23(37-20-10-9-18(27)13-19(20)28)15(4)35-26(33)14(3)30-25(32)22-24(36-16(5)31)21(34-6)11-12-29-22/h9-15,17,23H,7-8H2,1-6H3,(H,30,32)/t14-,15-,23+/m0/s1. The summed E-state index contributed by atoms with van der Waals surface area (Å²) in [7, 11) is 1.36. The highest BCUT2D eigenvalue weighted by atomic mass is 35.5. The predicted molar refractivity (Wildman–Crippen MR) is 140 cm³/mol. The Kier molecular flexibility index (Phi) is 11.5. The maximum Gasteiger partial charge on any atom is 0.328 e. The molecule has 202 valence electrons. The number of benzene rings is 1. The molecule has 3 atom stereocenters. The molecule has 37 heavy (non-hydrogen) atoms. The monoisotopic (exact) mass is 554 g/mol. The minimum atomic E-state index is -1.05. The summed E-state index contributed by atoms with van der Waals surface area (Å²) >= 11 is 12.3. The summed E-state index contributed by atoms with van der Waals surface area (Å²) in [6.45, 7) is 8.43. The molecule has 0 saturated carbocycles. The number of ether oxygens (including phenoxy) is 4. The van der Waals surface area contributed by atoms with E-state index in [9.17, 15) is 14.4 Å². The van der Waals surface area contributed by atoms with Crippen molar-refractivity contribution in [1.29, 1.82) is 0 Å². The molecule has 0 spiro atoms. The number of methoxy groups -OCH3 is 1. The summed E-state index contributed by atoms with van der Waals surface area (Å²) in [4.78, 5) is 41.3. The fourth-order valence-electron chi connectivity index (χ4n) is 3.72. The van der Waals surface area contributed by atoms with Crippen molar-refractivity contribution >= 4 is 41.0 Å². The Hall–Kier alpha value is -3.04. The third-order valence-electron chi connectivity index (χ3n) is 5.69. The van der Waals surface area contributed by atoms with Crippen molar-refractivity contribution in [3.05, 3.63) is 46.2 Å². The molecular weight excluding hydrogens is 523 g/mol. The number of carbonyl (C=O) groups is 3. The summed E-state index contributed by atoms with van der Waals surface area (Å²) < 4.78 is 22.1. The fourth-order valence-corrected chi connectivity index (χ4v) is 4.17. The van der Waals surface area contributed by atoms with Crippen LogP contribution in [0.4, 0.5) is 0 Å². The maximum atomic E-state index is 12.9. The van der Waals surface area contributed by atoms with E-state index in [2.05, 4.69) is 10.3 Å². The minimum Gasteiger partial charge on any atom is -0.493 e. The van der Waals surface area contributed by atoms with Crippen molar-refractivity contribution in [3.63, 3.8) is 0 Å². The molecule has 9 nitrogen and oxygen atoms in total. The predicted octanol–water partition coefficient (Wildman–Crippen LogP) is 5.26. The van der Waals surface area contributed by atoms with Gasteiger partial charge in [-0.25, -0.2) is 9.78 Å². The third-order valence-corrected chi connectivity index (χ3v) is 6.22. The molecule has 0 bridgehead atoms. The van der Waals surface area contributed by atoms with Crippen LogP contribution in [-0.4, -0.2) is 48.2 Å². The quantitative estimate of drug-likeness (QED) is 0.353. The van der Waals surface area contributed by atoms with Gasteiger partial charge in [0.1, 0.15) is 24.0 Å². The molecule has 1 amide bonds. The minimum absolute atomic E-state index is 0.0618. The van der Waals surface area contributed by atoms with Crippen molar-refractivity contribution in [2.45, 2.75) is 65.7 Å². The highest BCUT2D eigenvalue weighted by molar-refractivity contribution is 6.35. The average molecular weight is 555 g/mol. The van der Waals surface area contributed by atoms with Crippen molar-refractivity contribution in [2.24, 2.45) is 5.92 Å². The van der Waals surface area contributed by atoms with Crippen molar-refractivity contribution in [1.82, 2.24) is 10.3 Å². The van der Waals surface area contributed by atoms with E-state index < -0.39 is 36.1 Å². The lowest BCUT2D eigenvalue weighted by Crippen LogP contribution is -2.45. The van der Waals surface area contributed by atoms with Crippen LogP contribution in [0.25, 0.3) is 0 Å². The van der Waals surface area contributed by atoms with E-state index in [0.717, 1.165) is 12.8 Å². The van der Waals surface area contributed by atoms with Crippen LogP contribution in [-0.2, 0) is 14.3 Å². The topological polar surface area (TPSA) is 113 Å². The zero-order chi connectivity index (χ0) is 27.7. The summed E-state index contributed by atoms with van der Waals surface area (Å²) in [6.07, 6.45) is 1.71. The van der Waals surface area contributed by atoms with Gasteiger partial charge in [0, 0.05) is 24.2 Å². The second kappa shape index (κ2) is 14.0. The zero-order valence-corrected chi connectivity index (χ0v) is 23.2. The molecule has 2 aromatic rings. The normalized spacial score (nSPS) is 13.3. The molecule has 1 aromatic carbocycles. The number of nitrogens with zero attached hydrogens (tertiary/aromatic N) is 1. The molecule has 2 rings (SSSR count). The van der Waals surface area contributed by atoms with Gasteiger partial charge in [0.25, 0.3) is 5.91 Å². The molecule has 0 aliphatic heterocycles. The number of pyridine rings is 1. The number of nitrogens with one attached hydrogen (secondary N) is 1. The first-order valence-corrected chi connectivity index (χ1v) is 12.6. The van der Waals surface area contributed by atoms with E-state index in [0.29, 0.717) is 15.8 Å². The Balaban J connectivity index is 2.17. The van der Waals surface area contributed by atoms with E-state index in [1.54, 1.807) is 25.1 Å². The van der Waals surface area contributed by atoms with Crippen LogP contribution in [0.2, 0.25) is 10.0 Å². The molecule has 1 heterocycles. The van der Waals surface area contributed by atoms with Gasteiger partial charge in [-0.15, -0.1) is 0 Å². The van der Waals surface area contributed by atoms with Gasteiger partial charge in [-0.3, -0.25) is 9.59 Å². The molecule has 0 radical (unpaired) electrons. The van der Waals surface area contributed by atoms with E-state index in [4.69, 9.17) is 42.1 Å². The molecule has 11 heteroatoms. The van der Waals surface area contributed by atoms with Crippen LogP contribution in [0.15, 0.2) is 30.5 Å². The number of halogens is 2. The van der Waals surface area contributed by atoms with E-state index in [-0.39, 0.29) is 23.1 Å². The number of aromatic nitrogens is 1. The van der Waals surface area contributed by atoms with Crippen LogP contribution in [0, 0.1) is 5.92 Å².